The number of rotatable bonds is 5. The summed E-state index contributed by atoms with van der Waals surface area (Å²) in [6.07, 6.45) is -2.29. The molecule has 0 aromatic carbocycles. The highest BCUT2D eigenvalue weighted by molar-refractivity contribution is 7.45. The van der Waals surface area contributed by atoms with Gasteiger partial charge in [-0.25, -0.2) is 9.36 Å². The number of aliphatic carboxylic acids is 4. The fraction of sp³-hybridized carbons (Fsp3) is 0.500. The van der Waals surface area contributed by atoms with E-state index in [1.807, 2.05) is 0 Å². The molecule has 0 unspecified atom stereocenters. The molecule has 0 bridgehead atoms. The predicted octanol–water partition coefficient (Wildman–Crippen LogP) is -2.09. The van der Waals surface area contributed by atoms with Gasteiger partial charge in [0, 0.05) is 6.92 Å². The molecule has 8 N–H and O–H groups in total. The molecule has 0 aromatic heterocycles. The van der Waals surface area contributed by atoms with Gasteiger partial charge in [0.2, 0.25) is 0 Å². The van der Waals surface area contributed by atoms with Crippen LogP contribution in [0.1, 0.15) is 19.8 Å². The van der Waals surface area contributed by atoms with Gasteiger partial charge in [0.25, 0.3) is 5.97 Å². The SMILES string of the molecule is CC(=O)O.O=C(O)CC(O)(CC(=O)O)C(=O)O.O=P(O)(O)O. The Bertz CT molecular complexity index is 421. The number of phosphoric acid groups is 1. The quantitative estimate of drug-likeness (QED) is 0.248. The maximum atomic E-state index is 10.3. The van der Waals surface area contributed by atoms with Crippen molar-refractivity contribution in [2.45, 2.75) is 25.4 Å². The average molecular weight is 350 g/mol. The van der Waals surface area contributed by atoms with E-state index >= 15 is 0 Å². The molecule has 130 valence electrons. The van der Waals surface area contributed by atoms with Crippen molar-refractivity contribution in [3.8, 4) is 0 Å². The fourth-order valence-electron chi connectivity index (χ4n) is 0.714. The molecule has 0 fully saturated rings. The lowest BCUT2D eigenvalue weighted by Crippen LogP contribution is -2.42. The summed E-state index contributed by atoms with van der Waals surface area (Å²) >= 11 is 0. The molecular weight excluding hydrogens is 335 g/mol. The number of aliphatic hydroxyl groups is 1. The van der Waals surface area contributed by atoms with Crippen LogP contribution in [0.3, 0.4) is 0 Å². The van der Waals surface area contributed by atoms with Gasteiger partial charge in [-0.05, 0) is 0 Å². The van der Waals surface area contributed by atoms with Crippen LogP contribution >= 0.6 is 7.82 Å². The lowest BCUT2D eigenvalue weighted by Gasteiger charge is -2.18. The minimum absolute atomic E-state index is 0.833. The smallest absolute Gasteiger partial charge is 0.466 e. The molecule has 13 nitrogen and oxygen atoms in total. The van der Waals surface area contributed by atoms with Crippen LogP contribution in [-0.2, 0) is 23.7 Å². The van der Waals surface area contributed by atoms with Crippen LogP contribution in [-0.4, -0.2) is 69.7 Å². The number of carbonyl (C=O) groups is 4. The van der Waals surface area contributed by atoms with Gasteiger partial charge >= 0.3 is 25.7 Å². The molecule has 14 heteroatoms. The van der Waals surface area contributed by atoms with Crippen LogP contribution in [0.15, 0.2) is 0 Å². The maximum absolute atomic E-state index is 10.3. The maximum Gasteiger partial charge on any atom is 0.466 e. The summed E-state index contributed by atoms with van der Waals surface area (Å²) in [5.74, 6) is -5.85. The van der Waals surface area contributed by atoms with Gasteiger partial charge in [-0.3, -0.25) is 14.4 Å². The number of carboxylic acids is 4. The lowest BCUT2D eigenvalue weighted by molar-refractivity contribution is -0.170. The van der Waals surface area contributed by atoms with E-state index in [0.717, 1.165) is 6.92 Å². The summed E-state index contributed by atoms with van der Waals surface area (Å²) in [7, 11) is -4.64. The Labute approximate surface area is 122 Å². The van der Waals surface area contributed by atoms with Crippen molar-refractivity contribution < 1.29 is 64.0 Å². The van der Waals surface area contributed by atoms with Crippen LogP contribution < -0.4 is 0 Å². The first-order chi connectivity index (χ1) is 9.51. The van der Waals surface area contributed by atoms with Gasteiger partial charge in [0.1, 0.15) is 0 Å². The summed E-state index contributed by atoms with van der Waals surface area (Å²) in [4.78, 5) is 61.0. The largest absolute Gasteiger partial charge is 0.481 e. The van der Waals surface area contributed by atoms with Crippen molar-refractivity contribution in [1.29, 1.82) is 0 Å². The molecule has 0 aliphatic carbocycles. The Morgan fingerprint density at radius 3 is 1.14 bits per heavy atom. The standard InChI is InChI=1S/C6H8O7.C2H4O2.H3O4P/c7-3(8)1-6(13,5(11)12)2-4(9)10;1-2(3)4;1-5(2,3)4/h13H,1-2H2,(H,7,8)(H,9,10)(H,11,12);1H3,(H,3,4);(H3,1,2,3,4). The predicted molar refractivity (Wildman–Crippen MR) is 64.7 cm³/mol. The Hall–Kier alpha value is -2.05. The molecule has 0 aromatic rings. The van der Waals surface area contributed by atoms with E-state index in [2.05, 4.69) is 0 Å². The first-order valence-electron chi connectivity index (χ1n) is 4.88. The third kappa shape index (κ3) is 26.5. The van der Waals surface area contributed by atoms with Crippen LogP contribution in [0.2, 0.25) is 0 Å². The molecule has 0 radical (unpaired) electrons. The third-order valence-corrected chi connectivity index (χ3v) is 1.29. The Morgan fingerprint density at radius 1 is 0.864 bits per heavy atom. The van der Waals surface area contributed by atoms with E-state index in [1.165, 1.54) is 0 Å². The lowest BCUT2D eigenvalue weighted by atomic mass is 9.96. The summed E-state index contributed by atoms with van der Waals surface area (Å²) in [5.41, 5.74) is -2.74. The molecule has 22 heavy (non-hydrogen) atoms. The van der Waals surface area contributed by atoms with Gasteiger partial charge in [-0.15, -0.1) is 0 Å². The van der Waals surface area contributed by atoms with E-state index in [0.29, 0.717) is 0 Å². The monoisotopic (exact) mass is 350 g/mol. The second kappa shape index (κ2) is 10.6. The van der Waals surface area contributed by atoms with Crippen LogP contribution in [0.4, 0.5) is 0 Å². The molecule has 0 aliphatic heterocycles. The first-order valence-corrected chi connectivity index (χ1v) is 6.45. The third-order valence-electron chi connectivity index (χ3n) is 1.29. The molecule has 0 amide bonds. The zero-order valence-electron chi connectivity index (χ0n) is 11.0. The van der Waals surface area contributed by atoms with Crippen LogP contribution in [0.5, 0.6) is 0 Å². The number of hydrogen-bond donors (Lipinski definition) is 8. The van der Waals surface area contributed by atoms with E-state index < -0.39 is 50.1 Å². The zero-order valence-corrected chi connectivity index (χ0v) is 11.9. The molecule has 0 aliphatic rings. The molecule has 0 saturated carbocycles. The molecule has 0 saturated heterocycles. The van der Waals surface area contributed by atoms with Gasteiger partial charge < -0.3 is 40.2 Å². The van der Waals surface area contributed by atoms with Crippen molar-refractivity contribution in [3.63, 3.8) is 0 Å². The second-order valence-electron chi connectivity index (χ2n) is 3.51. The van der Waals surface area contributed by atoms with Crippen molar-refractivity contribution in [2.24, 2.45) is 0 Å². The van der Waals surface area contributed by atoms with Crippen LogP contribution in [0.25, 0.3) is 0 Å². The molecular formula is C8H15O13P. The zero-order chi connectivity index (χ0) is 18.7. The number of hydrogen-bond acceptors (Lipinski definition) is 6. The minimum Gasteiger partial charge on any atom is -0.481 e. The summed E-state index contributed by atoms with van der Waals surface area (Å²) in [6.45, 7) is 1.08. The fourth-order valence-corrected chi connectivity index (χ4v) is 0.714. The Kier molecular flexibility index (Phi) is 12.1. The van der Waals surface area contributed by atoms with Crippen molar-refractivity contribution in [2.75, 3.05) is 0 Å². The first kappa shape index (κ1) is 24.9. The minimum atomic E-state index is -4.64. The highest BCUT2D eigenvalue weighted by Crippen LogP contribution is 2.25. The molecule has 0 rings (SSSR count). The van der Waals surface area contributed by atoms with Gasteiger partial charge in [-0.2, -0.15) is 0 Å². The van der Waals surface area contributed by atoms with E-state index in [-0.39, 0.29) is 0 Å². The topological polar surface area (TPSA) is 247 Å². The average Bonchev–Trinajstić information content (AvgIpc) is 2.09. The molecule has 0 atom stereocenters. The molecule has 0 heterocycles. The molecule has 0 spiro atoms. The summed E-state index contributed by atoms with van der Waals surface area (Å²) in [6, 6.07) is 0. The summed E-state index contributed by atoms with van der Waals surface area (Å²) in [5, 5.41) is 41.2. The van der Waals surface area contributed by atoms with E-state index in [9.17, 15) is 14.4 Å². The highest BCUT2D eigenvalue weighted by Gasteiger charge is 2.40. The second-order valence-corrected chi connectivity index (χ2v) is 4.54. The summed E-state index contributed by atoms with van der Waals surface area (Å²) < 4.78 is 8.88. The van der Waals surface area contributed by atoms with Crippen molar-refractivity contribution in [1.82, 2.24) is 0 Å². The van der Waals surface area contributed by atoms with Gasteiger partial charge in [0.15, 0.2) is 5.60 Å². The Balaban J connectivity index is -0.000000330. The highest BCUT2D eigenvalue weighted by atomic mass is 31.2. The number of carboxylic acid groups (broad SMARTS) is 4. The van der Waals surface area contributed by atoms with Crippen molar-refractivity contribution in [3.05, 3.63) is 0 Å². The van der Waals surface area contributed by atoms with E-state index in [4.69, 9.17) is 49.6 Å². The van der Waals surface area contributed by atoms with Gasteiger partial charge in [-0.1, -0.05) is 0 Å². The van der Waals surface area contributed by atoms with Crippen molar-refractivity contribution >= 4 is 31.7 Å². The van der Waals surface area contributed by atoms with E-state index in [1.54, 1.807) is 0 Å². The normalized spacial score (nSPS) is 10.2. The van der Waals surface area contributed by atoms with Gasteiger partial charge in [0.05, 0.1) is 12.8 Å². The Morgan fingerprint density at radius 2 is 1.05 bits per heavy atom. The van der Waals surface area contributed by atoms with Crippen LogP contribution in [0, 0.1) is 0 Å².